The molecule has 2 bridgehead atoms. The molecule has 63 heavy (non-hydrogen) atoms. The summed E-state index contributed by atoms with van der Waals surface area (Å²) in [5.74, 6) is 0.927. The fourth-order valence-corrected chi connectivity index (χ4v) is 15.7. The Balaban J connectivity index is 0.894. The van der Waals surface area contributed by atoms with Crippen molar-refractivity contribution in [3.8, 4) is 0 Å². The Hall–Kier alpha value is -0.970. The molecular weight excluding hydrogens is 824 g/mol. The Morgan fingerprint density at radius 1 is 0.667 bits per heavy atom. The van der Waals surface area contributed by atoms with Crippen molar-refractivity contribution in [2.24, 2.45) is 50.2 Å². The van der Waals surface area contributed by atoms with Crippen molar-refractivity contribution in [3.05, 3.63) is 0 Å². The molecule has 360 valence electrons. The molecule has 23 atom stereocenters. The molecule has 5 aliphatic carbocycles. The molecular formula is C46H74O17. The van der Waals surface area contributed by atoms with Gasteiger partial charge < -0.3 is 79.1 Å². The first kappa shape index (κ1) is 47.1. The monoisotopic (exact) mass is 898 g/mol. The number of hydrogen-bond acceptors (Lipinski definition) is 17. The minimum Gasteiger partial charge on any atom is -0.396 e. The van der Waals surface area contributed by atoms with E-state index in [9.17, 15) is 50.8 Å². The summed E-state index contributed by atoms with van der Waals surface area (Å²) in [6.45, 7) is 12.9. The molecule has 9 rings (SSSR count). The van der Waals surface area contributed by atoms with E-state index in [0.717, 1.165) is 51.4 Å². The van der Waals surface area contributed by atoms with E-state index in [-0.39, 0.29) is 63.6 Å². The molecule has 4 saturated heterocycles. The maximum Gasteiger partial charge on any atom is 0.187 e. The highest BCUT2D eigenvalue weighted by molar-refractivity contribution is 5.88. The number of Topliss-reactive ketones (excluding diaryl/α,β-unsaturated/α-hetero) is 1. The lowest BCUT2D eigenvalue weighted by molar-refractivity contribution is -0.378. The van der Waals surface area contributed by atoms with Crippen LogP contribution in [0.4, 0.5) is 0 Å². The van der Waals surface area contributed by atoms with Crippen molar-refractivity contribution in [1.82, 2.24) is 0 Å². The van der Waals surface area contributed by atoms with E-state index in [2.05, 4.69) is 41.5 Å². The van der Waals surface area contributed by atoms with Crippen LogP contribution in [-0.4, -0.2) is 176 Å². The van der Waals surface area contributed by atoms with E-state index in [4.69, 9.17) is 33.2 Å². The Morgan fingerprint density at radius 3 is 2.06 bits per heavy atom. The van der Waals surface area contributed by atoms with Crippen molar-refractivity contribution in [2.75, 3.05) is 33.0 Å². The standard InChI is InChI=1S/C46H74O17/c1-40(2)13-14-45-21-59-46(27(45)15-40)12-8-26-41(3)10-9-29(42(4,20-48)25(41)7-11-43(26,5)44(46,6)16-28(45)50)62-37-35(56)32(53)24(19-58-37)61-39-36(33(54)31(52)23(17-47)60-39)63-38-34(55)30(51)22(49)18-57-38/h22-27,29-39,47-49,51-56H,7-21H2,1-6H3/t22-,23-,24+,25-,26-,27-,29+,30+,31-,32+,33+,34-,35-,36-,37+,38+,39+,41+,42+,43-,44+,45-,46+/m1/s1. The topological polar surface area (TPSA) is 264 Å². The second-order valence-corrected chi connectivity index (χ2v) is 23.0. The zero-order valence-corrected chi connectivity index (χ0v) is 37.7. The number of aliphatic hydroxyl groups excluding tert-OH is 9. The predicted octanol–water partition coefficient (Wildman–Crippen LogP) is 0.284. The van der Waals surface area contributed by atoms with Gasteiger partial charge in [0.15, 0.2) is 18.9 Å². The molecule has 0 unspecified atom stereocenters. The van der Waals surface area contributed by atoms with Gasteiger partial charge in [-0.15, -0.1) is 0 Å². The summed E-state index contributed by atoms with van der Waals surface area (Å²) in [6.07, 6.45) is -12.3. The average molecular weight is 899 g/mol. The Kier molecular flexibility index (Phi) is 12.0. The summed E-state index contributed by atoms with van der Waals surface area (Å²) in [7, 11) is 0. The highest BCUT2D eigenvalue weighted by Gasteiger charge is 2.80. The molecule has 5 saturated carbocycles. The van der Waals surface area contributed by atoms with Gasteiger partial charge in [-0.05, 0) is 85.9 Å². The summed E-state index contributed by atoms with van der Waals surface area (Å²) >= 11 is 0. The van der Waals surface area contributed by atoms with Crippen molar-refractivity contribution < 1.29 is 83.9 Å². The van der Waals surface area contributed by atoms with E-state index < -0.39 is 105 Å². The van der Waals surface area contributed by atoms with Gasteiger partial charge in [0.25, 0.3) is 0 Å². The van der Waals surface area contributed by atoms with Gasteiger partial charge >= 0.3 is 0 Å². The summed E-state index contributed by atoms with van der Waals surface area (Å²) in [5, 5.41) is 96.5. The number of hydrogen-bond donors (Lipinski definition) is 9. The minimum atomic E-state index is -1.77. The first-order valence-electron chi connectivity index (χ1n) is 23.6. The summed E-state index contributed by atoms with van der Waals surface area (Å²) < 4.78 is 42.6. The fraction of sp³-hybridized carbons (Fsp3) is 0.978. The number of ether oxygens (including phenoxy) is 7. The van der Waals surface area contributed by atoms with E-state index >= 15 is 0 Å². The molecule has 1 spiro atoms. The van der Waals surface area contributed by atoms with Crippen LogP contribution in [0.25, 0.3) is 0 Å². The zero-order valence-electron chi connectivity index (χ0n) is 37.7. The highest BCUT2D eigenvalue weighted by atomic mass is 16.8. The molecule has 0 aromatic heterocycles. The molecule has 0 amide bonds. The van der Waals surface area contributed by atoms with Gasteiger partial charge in [-0.25, -0.2) is 0 Å². The lowest BCUT2D eigenvalue weighted by Crippen LogP contribution is -2.73. The largest absolute Gasteiger partial charge is 0.396 e. The maximum absolute atomic E-state index is 14.5. The lowest BCUT2D eigenvalue weighted by atomic mass is 9.30. The molecule has 4 heterocycles. The third-order valence-electron chi connectivity index (χ3n) is 19.6. The van der Waals surface area contributed by atoms with Crippen LogP contribution >= 0.6 is 0 Å². The van der Waals surface area contributed by atoms with Crippen LogP contribution in [0.1, 0.15) is 106 Å². The van der Waals surface area contributed by atoms with Gasteiger partial charge in [0.05, 0.1) is 50.2 Å². The predicted molar refractivity (Wildman–Crippen MR) is 218 cm³/mol. The first-order valence-corrected chi connectivity index (χ1v) is 23.6. The minimum absolute atomic E-state index is 0.0420. The van der Waals surface area contributed by atoms with Crippen LogP contribution in [0.5, 0.6) is 0 Å². The third kappa shape index (κ3) is 6.71. The molecule has 0 aromatic rings. The molecule has 9 N–H and O–H groups in total. The molecule has 4 aliphatic heterocycles. The van der Waals surface area contributed by atoms with Crippen molar-refractivity contribution >= 4 is 5.78 Å². The van der Waals surface area contributed by atoms with Crippen LogP contribution in [0.2, 0.25) is 0 Å². The van der Waals surface area contributed by atoms with Crippen molar-refractivity contribution in [2.45, 2.75) is 197 Å². The molecule has 0 aromatic carbocycles. The second-order valence-electron chi connectivity index (χ2n) is 23.0. The molecule has 17 heteroatoms. The normalized spacial score (nSPS) is 57.7. The summed E-state index contributed by atoms with van der Waals surface area (Å²) in [6, 6.07) is 0. The van der Waals surface area contributed by atoms with E-state index in [1.807, 2.05) is 0 Å². The van der Waals surface area contributed by atoms with Crippen LogP contribution in [0.3, 0.4) is 0 Å². The summed E-state index contributed by atoms with van der Waals surface area (Å²) in [4.78, 5) is 14.5. The second kappa shape index (κ2) is 16.1. The number of carbonyl (C=O) groups is 1. The van der Waals surface area contributed by atoms with Gasteiger partial charge in [-0.2, -0.15) is 0 Å². The lowest BCUT2D eigenvalue weighted by Gasteiger charge is -2.74. The Morgan fingerprint density at radius 2 is 1.35 bits per heavy atom. The van der Waals surface area contributed by atoms with Crippen LogP contribution in [0, 0.1) is 50.2 Å². The molecule has 9 fully saturated rings. The number of carbonyl (C=O) groups excluding carboxylic acids is 1. The molecule has 0 radical (unpaired) electrons. The van der Waals surface area contributed by atoms with Gasteiger partial charge in [0.1, 0.15) is 66.8 Å². The average Bonchev–Trinajstić information content (AvgIpc) is 3.52. The zero-order chi connectivity index (χ0) is 45.4. The van der Waals surface area contributed by atoms with E-state index in [0.29, 0.717) is 25.2 Å². The number of ketones is 1. The van der Waals surface area contributed by atoms with Gasteiger partial charge in [0, 0.05) is 23.2 Å². The van der Waals surface area contributed by atoms with Crippen LogP contribution < -0.4 is 0 Å². The maximum atomic E-state index is 14.5. The van der Waals surface area contributed by atoms with Gasteiger partial charge in [-0.1, -0.05) is 41.5 Å². The summed E-state index contributed by atoms with van der Waals surface area (Å²) in [5.41, 5.74) is -2.01. The number of fused-ring (bicyclic) bond motifs is 4. The number of aliphatic hydroxyl groups is 9. The molecule has 9 aliphatic rings. The van der Waals surface area contributed by atoms with Gasteiger partial charge in [-0.3, -0.25) is 4.79 Å². The Bertz CT molecular complexity index is 1720. The van der Waals surface area contributed by atoms with E-state index in [1.165, 1.54) is 0 Å². The van der Waals surface area contributed by atoms with Crippen molar-refractivity contribution in [3.63, 3.8) is 0 Å². The third-order valence-corrected chi connectivity index (χ3v) is 19.6. The van der Waals surface area contributed by atoms with Crippen LogP contribution in [-0.2, 0) is 38.0 Å². The fourth-order valence-electron chi connectivity index (χ4n) is 15.7. The number of rotatable bonds is 8. The first-order chi connectivity index (χ1) is 29.6. The van der Waals surface area contributed by atoms with E-state index in [1.54, 1.807) is 0 Å². The van der Waals surface area contributed by atoms with Crippen molar-refractivity contribution in [1.29, 1.82) is 0 Å². The SMILES string of the molecule is CC1(C)CC[C@]23CO[C@@]4(CC[C@@H]5[C@@]6(C)CC[C@H](O[C@@H]7OC[C@H](O[C@@H]8O[C@H](CO)[C@@H](O)[C@H](O)[C@H]8O[C@@H]8OC[C@@H](O)[C@H](O)[C@H]8O)[C@H](O)[C@H]7O)[C@@](C)(CO)[C@@H]6CC[C@@]5(C)[C@]4(C)CC2=O)[C@@H]3C1. The Labute approximate surface area is 369 Å². The van der Waals surface area contributed by atoms with Crippen LogP contribution in [0.15, 0.2) is 0 Å². The molecule has 17 nitrogen and oxygen atoms in total. The highest BCUT2D eigenvalue weighted by Crippen LogP contribution is 2.80. The quantitative estimate of drug-likeness (QED) is 0.148. The smallest absolute Gasteiger partial charge is 0.187 e. The van der Waals surface area contributed by atoms with Gasteiger partial charge in [0.2, 0.25) is 0 Å².